The Morgan fingerprint density at radius 2 is 2.00 bits per heavy atom. The molecule has 1 aliphatic rings. The lowest BCUT2D eigenvalue weighted by atomic mass is 10.1. The van der Waals surface area contributed by atoms with E-state index in [1.807, 2.05) is 30.3 Å². The standard InChI is InChI=1S/C19H23N5O2S/c1-2-23-11-12-24(13-17(23)19-21-9-10-22-19)27(25,26)14-16-6-3-5-15-7-4-8-20-18(15)16/h3-10,17H,2,11-14H2,1H3,(H,21,22). The monoisotopic (exact) mass is 385 g/mol. The fraction of sp³-hybridized carbons (Fsp3) is 0.368. The van der Waals surface area contributed by atoms with Crippen LogP contribution in [-0.4, -0.2) is 58.8 Å². The third-order valence-electron chi connectivity index (χ3n) is 5.14. The Morgan fingerprint density at radius 1 is 1.15 bits per heavy atom. The minimum atomic E-state index is -3.46. The maximum absolute atomic E-state index is 13.2. The molecule has 8 heteroatoms. The first kappa shape index (κ1) is 18.1. The van der Waals surface area contributed by atoms with Gasteiger partial charge in [-0.15, -0.1) is 0 Å². The van der Waals surface area contributed by atoms with E-state index in [0.717, 1.165) is 28.8 Å². The Labute approximate surface area is 159 Å². The molecule has 0 radical (unpaired) electrons. The van der Waals surface area contributed by atoms with Crippen LogP contribution in [0.25, 0.3) is 10.9 Å². The van der Waals surface area contributed by atoms with Crippen molar-refractivity contribution in [3.05, 3.63) is 60.3 Å². The smallest absolute Gasteiger partial charge is 0.218 e. The molecule has 3 aromatic rings. The topological polar surface area (TPSA) is 82.2 Å². The second-order valence-electron chi connectivity index (χ2n) is 6.73. The van der Waals surface area contributed by atoms with Crippen molar-refractivity contribution in [2.24, 2.45) is 0 Å². The number of hydrogen-bond acceptors (Lipinski definition) is 5. The average molecular weight is 385 g/mol. The van der Waals surface area contributed by atoms with Crippen molar-refractivity contribution in [1.82, 2.24) is 24.2 Å². The number of likely N-dealkylation sites (N-methyl/N-ethyl adjacent to an activating group) is 1. The van der Waals surface area contributed by atoms with E-state index in [1.54, 1.807) is 22.9 Å². The highest BCUT2D eigenvalue weighted by atomic mass is 32.2. The maximum Gasteiger partial charge on any atom is 0.218 e. The maximum atomic E-state index is 13.2. The van der Waals surface area contributed by atoms with Crippen LogP contribution in [0.5, 0.6) is 0 Å². The molecule has 142 valence electrons. The molecule has 3 heterocycles. The molecule has 0 aliphatic carbocycles. The minimum Gasteiger partial charge on any atom is -0.347 e. The van der Waals surface area contributed by atoms with Crippen LogP contribution in [-0.2, 0) is 15.8 Å². The molecule has 1 unspecified atom stereocenters. The number of pyridine rings is 1. The highest BCUT2D eigenvalue weighted by molar-refractivity contribution is 7.88. The number of nitrogens with zero attached hydrogens (tertiary/aromatic N) is 4. The lowest BCUT2D eigenvalue weighted by molar-refractivity contribution is 0.119. The van der Waals surface area contributed by atoms with Gasteiger partial charge in [0.15, 0.2) is 0 Å². The number of piperazine rings is 1. The first-order valence-corrected chi connectivity index (χ1v) is 10.7. The summed E-state index contributed by atoms with van der Waals surface area (Å²) in [6, 6.07) is 9.43. The van der Waals surface area contributed by atoms with Crippen molar-refractivity contribution in [1.29, 1.82) is 0 Å². The molecule has 1 atom stereocenters. The summed E-state index contributed by atoms with van der Waals surface area (Å²) in [7, 11) is -3.46. The van der Waals surface area contributed by atoms with E-state index in [2.05, 4.69) is 26.8 Å². The number of para-hydroxylation sites is 1. The van der Waals surface area contributed by atoms with E-state index in [4.69, 9.17) is 0 Å². The highest BCUT2D eigenvalue weighted by Gasteiger charge is 2.34. The molecule has 1 N–H and O–H groups in total. The van der Waals surface area contributed by atoms with Gasteiger partial charge >= 0.3 is 0 Å². The Hall–Kier alpha value is -2.29. The molecule has 0 bridgehead atoms. The van der Waals surface area contributed by atoms with Gasteiger partial charge in [-0.3, -0.25) is 9.88 Å². The number of imidazole rings is 1. The lowest BCUT2D eigenvalue weighted by Crippen LogP contribution is -2.50. The fourth-order valence-electron chi connectivity index (χ4n) is 3.72. The van der Waals surface area contributed by atoms with Crippen molar-refractivity contribution in [2.45, 2.75) is 18.7 Å². The summed E-state index contributed by atoms with van der Waals surface area (Å²) in [5, 5.41) is 0.953. The molecule has 27 heavy (non-hydrogen) atoms. The molecule has 1 saturated heterocycles. The second kappa shape index (κ2) is 7.38. The number of nitrogens with one attached hydrogen (secondary N) is 1. The van der Waals surface area contributed by atoms with Crippen molar-refractivity contribution < 1.29 is 8.42 Å². The molecule has 2 aromatic heterocycles. The van der Waals surface area contributed by atoms with Gasteiger partial charge in [-0.05, 0) is 18.2 Å². The molecule has 1 aromatic carbocycles. The van der Waals surface area contributed by atoms with Gasteiger partial charge in [0.05, 0.1) is 17.3 Å². The van der Waals surface area contributed by atoms with E-state index < -0.39 is 10.0 Å². The summed E-state index contributed by atoms with van der Waals surface area (Å²) >= 11 is 0. The van der Waals surface area contributed by atoms with Crippen LogP contribution in [0.4, 0.5) is 0 Å². The summed E-state index contributed by atoms with van der Waals surface area (Å²) in [4.78, 5) is 14.1. The van der Waals surface area contributed by atoms with Crippen molar-refractivity contribution in [2.75, 3.05) is 26.2 Å². The normalized spacial score (nSPS) is 19.5. The molecule has 0 spiro atoms. The zero-order chi connectivity index (χ0) is 18.9. The van der Waals surface area contributed by atoms with E-state index in [9.17, 15) is 8.42 Å². The van der Waals surface area contributed by atoms with Crippen LogP contribution in [0.3, 0.4) is 0 Å². The molecule has 4 rings (SSSR count). The number of H-pyrrole nitrogens is 1. The SMILES string of the molecule is CCN1CCN(S(=O)(=O)Cc2cccc3cccnc23)CC1c1ncc[nH]1. The van der Waals surface area contributed by atoms with Crippen LogP contribution in [0.15, 0.2) is 48.9 Å². The van der Waals surface area contributed by atoms with E-state index >= 15 is 0 Å². The van der Waals surface area contributed by atoms with Crippen LogP contribution < -0.4 is 0 Å². The van der Waals surface area contributed by atoms with Gasteiger partial charge in [0.2, 0.25) is 10.0 Å². The number of fused-ring (bicyclic) bond motifs is 1. The van der Waals surface area contributed by atoms with Gasteiger partial charge in [-0.1, -0.05) is 31.2 Å². The van der Waals surface area contributed by atoms with Crippen LogP contribution >= 0.6 is 0 Å². The number of rotatable bonds is 5. The molecular formula is C19H23N5O2S. The van der Waals surface area contributed by atoms with E-state index in [-0.39, 0.29) is 11.8 Å². The summed E-state index contributed by atoms with van der Waals surface area (Å²) < 4.78 is 27.9. The lowest BCUT2D eigenvalue weighted by Gasteiger charge is -2.39. The Bertz CT molecular complexity index is 1010. The molecule has 1 aliphatic heterocycles. The first-order valence-electron chi connectivity index (χ1n) is 9.12. The van der Waals surface area contributed by atoms with Crippen molar-refractivity contribution in [3.8, 4) is 0 Å². The van der Waals surface area contributed by atoms with Gasteiger partial charge in [-0.25, -0.2) is 13.4 Å². The van der Waals surface area contributed by atoms with Crippen LogP contribution in [0.2, 0.25) is 0 Å². The number of benzene rings is 1. The number of hydrogen-bond donors (Lipinski definition) is 1. The average Bonchev–Trinajstić information content (AvgIpc) is 3.22. The second-order valence-corrected chi connectivity index (χ2v) is 8.69. The number of aromatic nitrogens is 3. The summed E-state index contributed by atoms with van der Waals surface area (Å²) in [6.07, 6.45) is 5.18. The molecular weight excluding hydrogens is 362 g/mol. The summed E-state index contributed by atoms with van der Waals surface area (Å²) in [6.45, 7) is 4.52. The van der Waals surface area contributed by atoms with E-state index in [1.165, 1.54) is 0 Å². The quantitative estimate of drug-likeness (QED) is 0.728. The van der Waals surface area contributed by atoms with Gasteiger partial charge in [-0.2, -0.15) is 4.31 Å². The van der Waals surface area contributed by atoms with Gasteiger partial charge in [0, 0.05) is 43.6 Å². The predicted octanol–water partition coefficient (Wildman–Crippen LogP) is 2.17. The highest BCUT2D eigenvalue weighted by Crippen LogP contribution is 2.26. The summed E-state index contributed by atoms with van der Waals surface area (Å²) in [5.74, 6) is 0.766. The molecule has 0 amide bonds. The predicted molar refractivity (Wildman–Crippen MR) is 105 cm³/mol. The Kier molecular flexibility index (Phi) is 4.94. The largest absolute Gasteiger partial charge is 0.347 e. The van der Waals surface area contributed by atoms with Gasteiger partial charge < -0.3 is 4.98 Å². The van der Waals surface area contributed by atoms with E-state index in [0.29, 0.717) is 19.6 Å². The minimum absolute atomic E-state index is 0.0433. The fourth-order valence-corrected chi connectivity index (χ4v) is 5.25. The summed E-state index contributed by atoms with van der Waals surface area (Å²) in [5.41, 5.74) is 1.49. The molecule has 0 saturated carbocycles. The zero-order valence-electron chi connectivity index (χ0n) is 15.2. The van der Waals surface area contributed by atoms with Crippen molar-refractivity contribution in [3.63, 3.8) is 0 Å². The third kappa shape index (κ3) is 3.60. The Morgan fingerprint density at radius 3 is 2.78 bits per heavy atom. The van der Waals surface area contributed by atoms with Crippen LogP contribution in [0.1, 0.15) is 24.4 Å². The molecule has 7 nitrogen and oxygen atoms in total. The van der Waals surface area contributed by atoms with Crippen LogP contribution in [0, 0.1) is 0 Å². The van der Waals surface area contributed by atoms with Gasteiger partial charge in [0.25, 0.3) is 0 Å². The molecule has 1 fully saturated rings. The third-order valence-corrected chi connectivity index (χ3v) is 6.94. The number of aromatic amines is 1. The Balaban J connectivity index is 1.60. The number of sulfonamides is 1. The van der Waals surface area contributed by atoms with Crippen molar-refractivity contribution >= 4 is 20.9 Å². The zero-order valence-corrected chi connectivity index (χ0v) is 16.1. The van der Waals surface area contributed by atoms with Gasteiger partial charge in [0.1, 0.15) is 5.82 Å². The first-order chi connectivity index (χ1) is 13.1.